The fourth-order valence-electron chi connectivity index (χ4n) is 2.98. The Morgan fingerprint density at radius 2 is 2.10 bits per heavy atom. The van der Waals surface area contributed by atoms with Crippen molar-refractivity contribution < 1.29 is 4.74 Å². The molecule has 0 saturated heterocycles. The minimum Gasteiger partial charge on any atom is -0.380 e. The Bertz CT molecular complexity index is 453. The lowest BCUT2D eigenvalue weighted by Gasteiger charge is -2.11. The first-order valence-electron chi connectivity index (χ1n) is 7.93. The number of nitrogens with zero attached hydrogens (tertiary/aromatic N) is 1. The second kappa shape index (κ2) is 8.67. The average Bonchev–Trinajstić information content (AvgIpc) is 2.99. The number of para-hydroxylation sites is 1. The second-order valence-electron chi connectivity index (χ2n) is 5.77. The summed E-state index contributed by atoms with van der Waals surface area (Å²) in [5, 5.41) is 3.17. The van der Waals surface area contributed by atoms with Gasteiger partial charge in [-0.1, -0.05) is 43.9 Å². The van der Waals surface area contributed by atoms with E-state index < -0.39 is 0 Å². The molecule has 1 aliphatic carbocycles. The molecule has 1 aromatic carbocycles. The van der Waals surface area contributed by atoms with E-state index in [1.54, 1.807) is 7.11 Å². The van der Waals surface area contributed by atoms with Crippen molar-refractivity contribution in [3.63, 3.8) is 0 Å². The number of hydrogen-bond donors (Lipinski definition) is 2. The molecule has 1 saturated carbocycles. The lowest BCUT2D eigenvalue weighted by atomic mass is 10.0. The smallest absolute Gasteiger partial charge is 0.193 e. The molecule has 0 bridgehead atoms. The standard InChI is InChI=1S/C17H27N3O/c1-21-13-15-10-4-5-11-16(15)20-17(18)19-12-6-9-14-7-2-3-8-14/h4-5,10-11,14H,2-3,6-9,12-13H2,1H3,(H3,18,19,20). The number of aliphatic imine (C=N–C) groups is 1. The monoisotopic (exact) mass is 289 g/mol. The van der Waals surface area contributed by atoms with Crippen molar-refractivity contribution in [2.45, 2.75) is 45.1 Å². The number of nitrogens with one attached hydrogen (secondary N) is 1. The number of hydrogen-bond acceptors (Lipinski definition) is 2. The summed E-state index contributed by atoms with van der Waals surface area (Å²) in [7, 11) is 1.69. The third-order valence-corrected chi connectivity index (χ3v) is 4.11. The quantitative estimate of drug-likeness (QED) is 0.458. The van der Waals surface area contributed by atoms with Crippen molar-refractivity contribution in [3.8, 4) is 0 Å². The molecule has 0 spiro atoms. The number of ether oxygens (including phenoxy) is 1. The summed E-state index contributed by atoms with van der Waals surface area (Å²) in [6, 6.07) is 8.00. The maximum absolute atomic E-state index is 5.96. The predicted molar refractivity (Wildman–Crippen MR) is 88.5 cm³/mol. The number of benzene rings is 1. The molecule has 116 valence electrons. The third kappa shape index (κ3) is 5.38. The van der Waals surface area contributed by atoms with Crippen LogP contribution in [0.3, 0.4) is 0 Å². The minimum absolute atomic E-state index is 0.491. The van der Waals surface area contributed by atoms with Gasteiger partial charge in [-0.05, 0) is 24.8 Å². The van der Waals surface area contributed by atoms with Crippen molar-refractivity contribution in [2.75, 3.05) is 19.0 Å². The Morgan fingerprint density at radius 1 is 1.33 bits per heavy atom. The maximum Gasteiger partial charge on any atom is 0.193 e. The molecule has 21 heavy (non-hydrogen) atoms. The highest BCUT2D eigenvalue weighted by Gasteiger charge is 2.13. The molecule has 1 aromatic rings. The van der Waals surface area contributed by atoms with Crippen LogP contribution in [0.4, 0.5) is 5.69 Å². The highest BCUT2D eigenvalue weighted by molar-refractivity contribution is 5.92. The largest absolute Gasteiger partial charge is 0.380 e. The average molecular weight is 289 g/mol. The lowest BCUT2D eigenvalue weighted by Crippen LogP contribution is -2.23. The zero-order chi connectivity index (χ0) is 14.9. The Hall–Kier alpha value is -1.55. The SMILES string of the molecule is COCc1ccccc1NC(N)=NCCCC1CCCC1. The van der Waals surface area contributed by atoms with E-state index in [1.807, 2.05) is 24.3 Å². The number of guanidine groups is 1. The van der Waals surface area contributed by atoms with E-state index in [1.165, 1.54) is 32.1 Å². The highest BCUT2D eigenvalue weighted by Crippen LogP contribution is 2.28. The zero-order valence-corrected chi connectivity index (χ0v) is 13.0. The molecule has 0 aromatic heterocycles. The van der Waals surface area contributed by atoms with Crippen LogP contribution >= 0.6 is 0 Å². The van der Waals surface area contributed by atoms with E-state index in [0.29, 0.717) is 12.6 Å². The van der Waals surface area contributed by atoms with Gasteiger partial charge < -0.3 is 15.8 Å². The predicted octanol–water partition coefficient (Wildman–Crippen LogP) is 3.53. The van der Waals surface area contributed by atoms with Gasteiger partial charge in [0.15, 0.2) is 5.96 Å². The normalized spacial score (nSPS) is 16.3. The fourth-order valence-corrected chi connectivity index (χ4v) is 2.98. The molecular formula is C17H27N3O. The molecule has 1 fully saturated rings. The Balaban J connectivity index is 1.77. The van der Waals surface area contributed by atoms with Gasteiger partial charge in [0.2, 0.25) is 0 Å². The molecule has 4 heteroatoms. The van der Waals surface area contributed by atoms with Crippen molar-refractivity contribution in [3.05, 3.63) is 29.8 Å². The van der Waals surface area contributed by atoms with E-state index in [9.17, 15) is 0 Å². The first-order chi connectivity index (χ1) is 10.3. The lowest BCUT2D eigenvalue weighted by molar-refractivity contribution is 0.185. The summed E-state index contributed by atoms with van der Waals surface area (Å²) in [5.74, 6) is 1.42. The van der Waals surface area contributed by atoms with E-state index >= 15 is 0 Å². The zero-order valence-electron chi connectivity index (χ0n) is 13.0. The molecule has 3 N–H and O–H groups in total. The molecule has 1 aliphatic rings. The molecule has 0 heterocycles. The summed E-state index contributed by atoms with van der Waals surface area (Å²) >= 11 is 0. The van der Waals surface area contributed by atoms with Crippen LogP contribution in [0, 0.1) is 5.92 Å². The summed E-state index contributed by atoms with van der Waals surface area (Å²) < 4.78 is 5.18. The van der Waals surface area contributed by atoms with Crippen LogP contribution in [0.1, 0.15) is 44.1 Å². The maximum atomic E-state index is 5.96. The van der Waals surface area contributed by atoms with Crippen LogP contribution in [0.15, 0.2) is 29.3 Å². The van der Waals surface area contributed by atoms with Gasteiger partial charge >= 0.3 is 0 Å². The van der Waals surface area contributed by atoms with E-state index in [2.05, 4.69) is 10.3 Å². The van der Waals surface area contributed by atoms with Gasteiger partial charge in [-0.15, -0.1) is 0 Å². The molecule has 2 rings (SSSR count). The van der Waals surface area contributed by atoms with Crippen molar-refractivity contribution >= 4 is 11.6 Å². The number of nitrogens with two attached hydrogens (primary N) is 1. The van der Waals surface area contributed by atoms with Gasteiger partial charge in [0.1, 0.15) is 0 Å². The first kappa shape index (κ1) is 15.8. The fraction of sp³-hybridized carbons (Fsp3) is 0.588. The Morgan fingerprint density at radius 3 is 2.86 bits per heavy atom. The van der Waals surface area contributed by atoms with Crippen LogP contribution in [0.5, 0.6) is 0 Å². The summed E-state index contributed by atoms with van der Waals surface area (Å²) in [6.07, 6.45) is 8.05. The first-order valence-corrected chi connectivity index (χ1v) is 7.93. The van der Waals surface area contributed by atoms with Gasteiger partial charge in [-0.2, -0.15) is 0 Å². The molecule has 0 unspecified atom stereocenters. The molecule has 4 nitrogen and oxygen atoms in total. The van der Waals surface area contributed by atoms with E-state index in [-0.39, 0.29) is 0 Å². The van der Waals surface area contributed by atoms with E-state index in [4.69, 9.17) is 10.5 Å². The van der Waals surface area contributed by atoms with Gasteiger partial charge in [0.25, 0.3) is 0 Å². The van der Waals surface area contributed by atoms with Gasteiger partial charge in [-0.3, -0.25) is 4.99 Å². The van der Waals surface area contributed by atoms with Crippen molar-refractivity contribution in [1.29, 1.82) is 0 Å². The topological polar surface area (TPSA) is 59.6 Å². The van der Waals surface area contributed by atoms with Crippen molar-refractivity contribution in [2.24, 2.45) is 16.6 Å². The number of methoxy groups -OCH3 is 1. The van der Waals surface area contributed by atoms with Gasteiger partial charge in [-0.25, -0.2) is 0 Å². The summed E-state index contributed by atoms with van der Waals surface area (Å²) in [6.45, 7) is 1.37. The molecule has 0 radical (unpaired) electrons. The van der Waals surface area contributed by atoms with Gasteiger partial charge in [0.05, 0.1) is 6.61 Å². The van der Waals surface area contributed by atoms with Crippen LogP contribution in [-0.2, 0) is 11.3 Å². The highest BCUT2D eigenvalue weighted by atomic mass is 16.5. The molecule has 0 amide bonds. The number of rotatable bonds is 7. The summed E-state index contributed by atoms with van der Waals surface area (Å²) in [5.41, 5.74) is 8.02. The molecule has 0 atom stereocenters. The minimum atomic E-state index is 0.491. The Kier molecular flexibility index (Phi) is 6.54. The van der Waals surface area contributed by atoms with Crippen molar-refractivity contribution in [1.82, 2.24) is 0 Å². The number of anilines is 1. The van der Waals surface area contributed by atoms with Crippen LogP contribution in [-0.4, -0.2) is 19.6 Å². The van der Waals surface area contributed by atoms with Gasteiger partial charge in [0, 0.05) is 24.9 Å². The third-order valence-electron chi connectivity index (χ3n) is 4.11. The second-order valence-corrected chi connectivity index (χ2v) is 5.77. The van der Waals surface area contributed by atoms with Crippen LogP contribution in [0.25, 0.3) is 0 Å². The summed E-state index contributed by atoms with van der Waals surface area (Å²) in [4.78, 5) is 4.42. The van der Waals surface area contributed by atoms with E-state index in [0.717, 1.165) is 30.1 Å². The molecular weight excluding hydrogens is 262 g/mol. The Labute approximate surface area is 127 Å². The van der Waals surface area contributed by atoms with Crippen LogP contribution < -0.4 is 11.1 Å². The van der Waals surface area contributed by atoms with Crippen LogP contribution in [0.2, 0.25) is 0 Å². The molecule has 0 aliphatic heterocycles.